The van der Waals surface area contributed by atoms with Crippen molar-refractivity contribution in [2.75, 3.05) is 36.0 Å². The SMILES string of the molecule is Clc1ccccc1N1CCN(c2cc(-c3ccccc3)nc3ncnn23)CC1. The van der Waals surface area contributed by atoms with Gasteiger partial charge in [0, 0.05) is 37.8 Å². The van der Waals surface area contributed by atoms with E-state index >= 15 is 0 Å². The van der Waals surface area contributed by atoms with Crippen molar-refractivity contribution in [3.05, 3.63) is 72.0 Å². The second-order valence-corrected chi connectivity index (χ2v) is 7.17. The highest BCUT2D eigenvalue weighted by Crippen LogP contribution is 2.28. The molecule has 1 aliphatic rings. The van der Waals surface area contributed by atoms with Crippen molar-refractivity contribution in [2.24, 2.45) is 0 Å². The average molecular weight is 391 g/mol. The summed E-state index contributed by atoms with van der Waals surface area (Å²) < 4.78 is 1.82. The van der Waals surface area contributed by atoms with E-state index in [2.05, 4.69) is 49.1 Å². The van der Waals surface area contributed by atoms with E-state index in [0.717, 1.165) is 54.0 Å². The number of hydrogen-bond acceptors (Lipinski definition) is 5. The Morgan fingerprint density at radius 2 is 1.54 bits per heavy atom. The lowest BCUT2D eigenvalue weighted by Gasteiger charge is -2.37. The second kappa shape index (κ2) is 7.13. The quantitative estimate of drug-likeness (QED) is 0.533. The number of piperazine rings is 1. The molecule has 0 aliphatic carbocycles. The molecule has 7 heteroatoms. The Kier molecular flexibility index (Phi) is 4.33. The Hall–Kier alpha value is -3.12. The van der Waals surface area contributed by atoms with Gasteiger partial charge in [-0.2, -0.15) is 14.6 Å². The van der Waals surface area contributed by atoms with Gasteiger partial charge >= 0.3 is 0 Å². The zero-order chi connectivity index (χ0) is 18.9. The average Bonchev–Trinajstić information content (AvgIpc) is 3.23. The third-order valence-electron chi connectivity index (χ3n) is 5.10. The van der Waals surface area contributed by atoms with E-state index in [1.54, 1.807) is 6.33 Å². The van der Waals surface area contributed by atoms with Gasteiger partial charge in [0.25, 0.3) is 5.78 Å². The Morgan fingerprint density at radius 1 is 0.821 bits per heavy atom. The molecule has 1 fully saturated rings. The first-order valence-corrected chi connectivity index (χ1v) is 9.68. The van der Waals surface area contributed by atoms with Crippen LogP contribution in [0.25, 0.3) is 17.0 Å². The predicted molar refractivity (Wildman–Crippen MR) is 112 cm³/mol. The van der Waals surface area contributed by atoms with E-state index < -0.39 is 0 Å². The summed E-state index contributed by atoms with van der Waals surface area (Å²) in [6, 6.07) is 20.3. The molecule has 0 bridgehead atoms. The Bertz CT molecular complexity index is 1100. The molecule has 1 saturated heterocycles. The molecule has 6 nitrogen and oxygen atoms in total. The summed E-state index contributed by atoms with van der Waals surface area (Å²) in [5, 5.41) is 5.18. The molecule has 0 spiro atoms. The van der Waals surface area contributed by atoms with Gasteiger partial charge < -0.3 is 9.80 Å². The number of anilines is 2. The highest BCUT2D eigenvalue weighted by Gasteiger charge is 2.22. The first-order chi connectivity index (χ1) is 13.8. The van der Waals surface area contributed by atoms with E-state index in [1.807, 2.05) is 40.9 Å². The number of rotatable bonds is 3. The molecule has 2 aromatic heterocycles. The zero-order valence-corrected chi connectivity index (χ0v) is 16.0. The van der Waals surface area contributed by atoms with Crippen LogP contribution in [0.4, 0.5) is 11.5 Å². The van der Waals surface area contributed by atoms with Crippen LogP contribution in [-0.2, 0) is 0 Å². The van der Waals surface area contributed by atoms with E-state index in [0.29, 0.717) is 5.78 Å². The Morgan fingerprint density at radius 3 is 2.32 bits per heavy atom. The predicted octanol–water partition coefficient (Wildman–Crippen LogP) is 3.77. The molecule has 0 atom stereocenters. The molecule has 0 unspecified atom stereocenters. The number of aromatic nitrogens is 4. The maximum atomic E-state index is 6.38. The lowest BCUT2D eigenvalue weighted by molar-refractivity contribution is 0.639. The van der Waals surface area contributed by atoms with Crippen LogP contribution in [0, 0.1) is 0 Å². The standard InChI is InChI=1S/C21H19ClN6/c22-17-8-4-5-9-19(17)26-10-12-27(13-11-26)20-14-18(16-6-2-1-3-7-16)25-21-23-15-24-28(20)21/h1-9,14-15H,10-13H2. The summed E-state index contributed by atoms with van der Waals surface area (Å²) in [6.45, 7) is 3.53. The fourth-order valence-electron chi connectivity index (χ4n) is 3.66. The fourth-order valence-corrected chi connectivity index (χ4v) is 3.92. The Labute approximate surface area is 168 Å². The summed E-state index contributed by atoms with van der Waals surface area (Å²) in [4.78, 5) is 13.7. The molecule has 0 radical (unpaired) electrons. The normalized spacial score (nSPS) is 14.6. The lowest BCUT2D eigenvalue weighted by Crippen LogP contribution is -2.47. The number of para-hydroxylation sites is 1. The summed E-state index contributed by atoms with van der Waals surface area (Å²) in [7, 11) is 0. The summed E-state index contributed by atoms with van der Waals surface area (Å²) >= 11 is 6.38. The second-order valence-electron chi connectivity index (χ2n) is 6.76. The van der Waals surface area contributed by atoms with Gasteiger partial charge in [-0.15, -0.1) is 0 Å². The van der Waals surface area contributed by atoms with Crippen molar-refractivity contribution < 1.29 is 0 Å². The number of fused-ring (bicyclic) bond motifs is 1. The summed E-state index contributed by atoms with van der Waals surface area (Å²) in [6.07, 6.45) is 1.56. The van der Waals surface area contributed by atoms with Gasteiger partial charge in [0.1, 0.15) is 12.1 Å². The van der Waals surface area contributed by atoms with Crippen LogP contribution < -0.4 is 9.80 Å². The molecule has 4 aromatic rings. The maximum Gasteiger partial charge on any atom is 0.254 e. The number of benzene rings is 2. The van der Waals surface area contributed by atoms with Crippen molar-refractivity contribution in [3.63, 3.8) is 0 Å². The topological polar surface area (TPSA) is 49.6 Å². The van der Waals surface area contributed by atoms with Crippen molar-refractivity contribution in [1.82, 2.24) is 19.6 Å². The fraction of sp³-hybridized carbons (Fsp3) is 0.190. The van der Waals surface area contributed by atoms with Crippen LogP contribution in [-0.4, -0.2) is 45.8 Å². The first-order valence-electron chi connectivity index (χ1n) is 9.30. The lowest BCUT2D eigenvalue weighted by atomic mass is 10.1. The number of nitrogens with zero attached hydrogens (tertiary/aromatic N) is 6. The highest BCUT2D eigenvalue weighted by molar-refractivity contribution is 6.33. The molecule has 0 saturated carbocycles. The highest BCUT2D eigenvalue weighted by atomic mass is 35.5. The molecule has 140 valence electrons. The largest absolute Gasteiger partial charge is 0.367 e. The monoisotopic (exact) mass is 390 g/mol. The zero-order valence-electron chi connectivity index (χ0n) is 15.2. The van der Waals surface area contributed by atoms with Crippen LogP contribution in [0.3, 0.4) is 0 Å². The van der Waals surface area contributed by atoms with E-state index in [9.17, 15) is 0 Å². The van der Waals surface area contributed by atoms with Gasteiger partial charge in [-0.3, -0.25) is 0 Å². The first kappa shape index (κ1) is 17.0. The number of halogens is 1. The third kappa shape index (κ3) is 3.05. The molecule has 2 aromatic carbocycles. The van der Waals surface area contributed by atoms with Crippen LogP contribution in [0.1, 0.15) is 0 Å². The number of hydrogen-bond donors (Lipinski definition) is 0. The van der Waals surface area contributed by atoms with E-state index in [-0.39, 0.29) is 0 Å². The van der Waals surface area contributed by atoms with E-state index in [1.165, 1.54) is 0 Å². The molecule has 5 rings (SSSR count). The molecule has 1 aliphatic heterocycles. The third-order valence-corrected chi connectivity index (χ3v) is 5.42. The minimum Gasteiger partial charge on any atom is -0.367 e. The molecular formula is C21H19ClN6. The van der Waals surface area contributed by atoms with Crippen LogP contribution >= 0.6 is 11.6 Å². The molecule has 3 heterocycles. The van der Waals surface area contributed by atoms with Gasteiger partial charge in [0.2, 0.25) is 0 Å². The molecular weight excluding hydrogens is 372 g/mol. The molecule has 28 heavy (non-hydrogen) atoms. The smallest absolute Gasteiger partial charge is 0.254 e. The van der Waals surface area contributed by atoms with Gasteiger partial charge in [-0.05, 0) is 12.1 Å². The minimum atomic E-state index is 0.616. The Balaban J connectivity index is 1.45. The van der Waals surface area contributed by atoms with Gasteiger partial charge in [-0.25, -0.2) is 4.98 Å². The van der Waals surface area contributed by atoms with Gasteiger partial charge in [0.05, 0.1) is 16.4 Å². The van der Waals surface area contributed by atoms with Crippen LogP contribution in [0.15, 0.2) is 67.0 Å². The van der Waals surface area contributed by atoms with Gasteiger partial charge in [0.15, 0.2) is 0 Å². The van der Waals surface area contributed by atoms with E-state index in [4.69, 9.17) is 11.6 Å². The van der Waals surface area contributed by atoms with Gasteiger partial charge in [-0.1, -0.05) is 54.1 Å². The maximum absolute atomic E-state index is 6.38. The van der Waals surface area contributed by atoms with Crippen molar-refractivity contribution in [1.29, 1.82) is 0 Å². The van der Waals surface area contributed by atoms with Crippen molar-refractivity contribution >= 4 is 28.9 Å². The minimum absolute atomic E-state index is 0.616. The van der Waals surface area contributed by atoms with Crippen LogP contribution in [0.5, 0.6) is 0 Å². The van der Waals surface area contributed by atoms with Crippen LogP contribution in [0.2, 0.25) is 5.02 Å². The molecule has 0 amide bonds. The summed E-state index contributed by atoms with van der Waals surface area (Å²) in [5.41, 5.74) is 3.07. The summed E-state index contributed by atoms with van der Waals surface area (Å²) in [5.74, 6) is 1.63. The molecule has 0 N–H and O–H groups in total. The van der Waals surface area contributed by atoms with Crippen molar-refractivity contribution in [2.45, 2.75) is 0 Å². The van der Waals surface area contributed by atoms with Crippen molar-refractivity contribution in [3.8, 4) is 11.3 Å².